The van der Waals surface area contributed by atoms with Crippen molar-refractivity contribution >= 4 is 11.3 Å². The first-order valence-electron chi connectivity index (χ1n) is 9.53. The molecule has 0 atom stereocenters. The Morgan fingerprint density at radius 2 is 1.77 bits per heavy atom. The summed E-state index contributed by atoms with van der Waals surface area (Å²) in [6.07, 6.45) is -2.32. The van der Waals surface area contributed by atoms with Crippen LogP contribution >= 0.6 is 0 Å². The minimum absolute atomic E-state index is 0.231. The molecule has 3 aromatic heterocycles. The van der Waals surface area contributed by atoms with Gasteiger partial charge in [-0.05, 0) is 19.1 Å². The number of nitrogens with zero attached hydrogens (tertiary/aromatic N) is 7. The summed E-state index contributed by atoms with van der Waals surface area (Å²) in [5.41, 5.74) is 2.22. The first-order valence-corrected chi connectivity index (χ1v) is 9.53. The second-order valence-corrected chi connectivity index (χ2v) is 7.46. The average molecular weight is 430 g/mol. The summed E-state index contributed by atoms with van der Waals surface area (Å²) in [4.78, 5) is 10.8. The van der Waals surface area contributed by atoms with Gasteiger partial charge in [0.15, 0.2) is 5.82 Å². The molecular weight excluding hydrogens is 413 g/mol. The van der Waals surface area contributed by atoms with E-state index >= 15 is 0 Å². The maximum Gasteiger partial charge on any atom is 0.416 e. The molecule has 7 nitrogen and oxygen atoms in total. The molecule has 0 spiro atoms. The third-order valence-corrected chi connectivity index (χ3v) is 5.39. The van der Waals surface area contributed by atoms with Gasteiger partial charge in [-0.3, -0.25) is 4.68 Å². The fourth-order valence-electron chi connectivity index (χ4n) is 3.85. The first kappa shape index (κ1) is 19.5. The Morgan fingerprint density at radius 3 is 2.42 bits per heavy atom. The second kappa shape index (κ2) is 6.76. The summed E-state index contributed by atoms with van der Waals surface area (Å²) in [5.74, 6) is 1.16. The van der Waals surface area contributed by atoms with Gasteiger partial charge in [0.2, 0.25) is 0 Å². The molecule has 1 aliphatic rings. The monoisotopic (exact) mass is 430 g/mol. The molecule has 160 valence electrons. The number of alkyl halides is 4. The van der Waals surface area contributed by atoms with E-state index in [2.05, 4.69) is 20.2 Å². The van der Waals surface area contributed by atoms with E-state index < -0.39 is 17.9 Å². The van der Waals surface area contributed by atoms with Gasteiger partial charge in [-0.25, -0.2) is 18.9 Å². The van der Waals surface area contributed by atoms with E-state index in [9.17, 15) is 17.6 Å². The standard InChI is InChI=1S/C20H17F4N7/c1-11-28-16(18-19(25-10-27-31(11)18)30-8-14(21)9-30)15-7-26-29(2)17(15)12-3-5-13(6-4-12)20(22,23)24/h3-7,10,14H,8-9H2,1-2H3/i21-1. The van der Waals surface area contributed by atoms with Crippen LogP contribution in [0.3, 0.4) is 0 Å². The van der Waals surface area contributed by atoms with Gasteiger partial charge in [0.05, 0.1) is 30.5 Å². The molecule has 0 amide bonds. The van der Waals surface area contributed by atoms with Crippen LogP contribution in [0.5, 0.6) is 0 Å². The molecule has 1 fully saturated rings. The van der Waals surface area contributed by atoms with E-state index in [-0.39, 0.29) is 13.1 Å². The fourth-order valence-corrected chi connectivity index (χ4v) is 3.85. The summed E-state index contributed by atoms with van der Waals surface area (Å²) < 4.78 is 55.6. The normalized spacial score (nSPS) is 15.0. The number of aromatic nitrogens is 6. The smallest absolute Gasteiger partial charge is 0.349 e. The number of hydrogen-bond donors (Lipinski definition) is 0. The lowest BCUT2D eigenvalue weighted by Crippen LogP contribution is -2.49. The molecule has 1 aliphatic heterocycles. The van der Waals surface area contributed by atoms with Gasteiger partial charge < -0.3 is 4.90 Å². The fraction of sp³-hybridized carbons (Fsp3) is 0.300. The van der Waals surface area contributed by atoms with E-state index in [1.165, 1.54) is 18.5 Å². The highest BCUT2D eigenvalue weighted by Gasteiger charge is 2.32. The Kier molecular flexibility index (Phi) is 4.24. The largest absolute Gasteiger partial charge is 0.416 e. The Labute approximate surface area is 174 Å². The molecule has 0 N–H and O–H groups in total. The van der Waals surface area contributed by atoms with Crippen LogP contribution in [-0.2, 0) is 13.2 Å². The summed E-state index contributed by atoms with van der Waals surface area (Å²) in [6, 6.07) is 4.90. The zero-order chi connectivity index (χ0) is 21.9. The molecule has 5 rings (SSSR count). The Hall–Kier alpha value is -3.50. The highest BCUT2D eigenvalue weighted by atomic mass is 19.4. The second-order valence-electron chi connectivity index (χ2n) is 7.46. The highest BCUT2D eigenvalue weighted by molar-refractivity contribution is 5.92. The van der Waals surface area contributed by atoms with Crippen LogP contribution in [0, 0.1) is 6.92 Å². The van der Waals surface area contributed by atoms with Crippen LogP contribution in [0.25, 0.3) is 28.0 Å². The summed E-state index contributed by atoms with van der Waals surface area (Å²) >= 11 is 0. The van der Waals surface area contributed by atoms with Gasteiger partial charge in [0.25, 0.3) is 0 Å². The third-order valence-electron chi connectivity index (χ3n) is 5.39. The van der Waals surface area contributed by atoms with Crippen LogP contribution in [0.15, 0.2) is 36.8 Å². The number of benzene rings is 1. The van der Waals surface area contributed by atoms with Crippen LogP contribution in [0.1, 0.15) is 11.4 Å². The van der Waals surface area contributed by atoms with E-state index in [1.807, 2.05) is 0 Å². The van der Waals surface area contributed by atoms with Gasteiger partial charge in [-0.2, -0.15) is 23.4 Å². The number of halogens is 4. The molecule has 4 heterocycles. The van der Waals surface area contributed by atoms with Crippen molar-refractivity contribution in [3.8, 4) is 22.5 Å². The molecule has 0 saturated carbocycles. The molecular formula is C20H17F4N7. The molecule has 0 unspecified atom stereocenters. The summed E-state index contributed by atoms with van der Waals surface area (Å²) in [6.45, 7) is 2.25. The minimum Gasteiger partial charge on any atom is -0.349 e. The van der Waals surface area contributed by atoms with Crippen LogP contribution in [0.4, 0.5) is 23.4 Å². The van der Waals surface area contributed by atoms with Gasteiger partial charge in [-0.1, -0.05) is 12.1 Å². The molecule has 0 bridgehead atoms. The zero-order valence-corrected chi connectivity index (χ0v) is 16.6. The van der Waals surface area contributed by atoms with Crippen molar-refractivity contribution in [3.63, 3.8) is 0 Å². The first-order chi connectivity index (χ1) is 14.7. The van der Waals surface area contributed by atoms with Crippen molar-refractivity contribution in [2.45, 2.75) is 19.3 Å². The predicted molar refractivity (Wildman–Crippen MR) is 105 cm³/mol. The maximum absolute atomic E-state index is 13.5. The SMILES string of the molecule is Cc1nc(-c2cnn(C)c2-c2ccc(C(F)(F)F)cc2)c2c(N3CC([18F])C3)ncnn12. The van der Waals surface area contributed by atoms with Crippen LogP contribution < -0.4 is 4.90 Å². The summed E-state index contributed by atoms with van der Waals surface area (Å²) in [5, 5.41) is 8.57. The number of imidazole rings is 1. The molecule has 4 aromatic rings. The number of fused-ring (bicyclic) bond motifs is 1. The van der Waals surface area contributed by atoms with Crippen molar-refractivity contribution in [2.24, 2.45) is 7.05 Å². The van der Waals surface area contributed by atoms with Crippen LogP contribution in [0.2, 0.25) is 0 Å². The lowest BCUT2D eigenvalue weighted by atomic mass is 10.0. The number of rotatable bonds is 3. The predicted octanol–water partition coefficient (Wildman–Crippen LogP) is 3.68. The van der Waals surface area contributed by atoms with Crippen LogP contribution in [-0.4, -0.2) is 48.6 Å². The number of hydrogen-bond acceptors (Lipinski definition) is 5. The zero-order valence-electron chi connectivity index (χ0n) is 16.6. The molecule has 31 heavy (non-hydrogen) atoms. The molecule has 0 aliphatic carbocycles. The number of anilines is 1. The van der Waals surface area contributed by atoms with Gasteiger partial charge in [-0.15, -0.1) is 0 Å². The molecule has 11 heteroatoms. The van der Waals surface area contributed by atoms with Crippen molar-refractivity contribution < 1.29 is 17.6 Å². The van der Waals surface area contributed by atoms with E-state index in [0.717, 1.165) is 12.1 Å². The van der Waals surface area contributed by atoms with Gasteiger partial charge >= 0.3 is 6.18 Å². The van der Waals surface area contributed by atoms with E-state index in [1.54, 1.807) is 34.3 Å². The van der Waals surface area contributed by atoms with E-state index in [4.69, 9.17) is 0 Å². The molecule has 1 saturated heterocycles. The van der Waals surface area contributed by atoms with Gasteiger partial charge in [0, 0.05) is 18.2 Å². The Bertz CT molecular complexity index is 1270. The van der Waals surface area contributed by atoms with Crippen molar-refractivity contribution in [1.29, 1.82) is 0 Å². The van der Waals surface area contributed by atoms with Crippen molar-refractivity contribution in [3.05, 3.63) is 48.2 Å². The quantitative estimate of drug-likeness (QED) is 0.464. The van der Waals surface area contributed by atoms with Crippen molar-refractivity contribution in [1.82, 2.24) is 29.4 Å². The Morgan fingerprint density at radius 1 is 1.06 bits per heavy atom. The Balaban J connectivity index is 1.68. The lowest BCUT2D eigenvalue weighted by molar-refractivity contribution is -0.137. The average Bonchev–Trinajstić information content (AvgIpc) is 3.25. The van der Waals surface area contributed by atoms with Crippen molar-refractivity contribution in [2.75, 3.05) is 18.0 Å². The third kappa shape index (κ3) is 3.11. The molecule has 1 aromatic carbocycles. The van der Waals surface area contributed by atoms with Gasteiger partial charge in [0.1, 0.15) is 29.5 Å². The lowest BCUT2D eigenvalue weighted by Gasteiger charge is -2.35. The number of aryl methyl sites for hydroxylation is 2. The topological polar surface area (TPSA) is 64.1 Å². The molecule has 0 radical (unpaired) electrons. The summed E-state index contributed by atoms with van der Waals surface area (Å²) in [7, 11) is 1.71. The maximum atomic E-state index is 13.5. The minimum atomic E-state index is -4.41. The van der Waals surface area contributed by atoms with E-state index in [0.29, 0.717) is 39.7 Å². The highest BCUT2D eigenvalue weighted by Crippen LogP contribution is 2.38.